The summed E-state index contributed by atoms with van der Waals surface area (Å²) in [5.74, 6) is 4.94. The minimum absolute atomic E-state index is 0.443. The molecule has 4 rings (SSSR count). The van der Waals surface area contributed by atoms with Crippen molar-refractivity contribution in [3.8, 4) is 0 Å². The third-order valence-corrected chi connectivity index (χ3v) is 5.34. The zero-order valence-corrected chi connectivity index (χ0v) is 10.4. The highest BCUT2D eigenvalue weighted by Crippen LogP contribution is 2.57. The molecule has 0 spiro atoms. The minimum Gasteiger partial charge on any atom is -0.377 e. The van der Waals surface area contributed by atoms with Gasteiger partial charge in [0.15, 0.2) is 0 Å². The van der Waals surface area contributed by atoms with E-state index in [-0.39, 0.29) is 0 Å². The van der Waals surface area contributed by atoms with Crippen LogP contribution in [0.2, 0.25) is 0 Å². The van der Waals surface area contributed by atoms with E-state index >= 15 is 0 Å². The molecule has 4 aliphatic carbocycles. The largest absolute Gasteiger partial charge is 0.377 e. The predicted molar refractivity (Wildman–Crippen MR) is 65.0 cm³/mol. The van der Waals surface area contributed by atoms with Gasteiger partial charge in [-0.25, -0.2) is 0 Å². The van der Waals surface area contributed by atoms with Crippen molar-refractivity contribution >= 4 is 0 Å². The lowest BCUT2D eigenvalue weighted by Crippen LogP contribution is -2.49. The van der Waals surface area contributed by atoms with Crippen molar-refractivity contribution in [3.05, 3.63) is 0 Å². The highest BCUT2D eigenvalue weighted by atomic mass is 16.5. The first kappa shape index (κ1) is 11.0. The summed E-state index contributed by atoms with van der Waals surface area (Å²) < 4.78 is 5.89. The van der Waals surface area contributed by atoms with Crippen LogP contribution in [-0.2, 0) is 4.74 Å². The monoisotopic (exact) mass is 223 g/mol. The van der Waals surface area contributed by atoms with Gasteiger partial charge in [-0.15, -0.1) is 0 Å². The standard InChI is InChI=1S/C14H25NO/c1-9(16-3-2-15)14-12-5-10-4-11(7-12)8-13(14)6-10/h9-14H,2-8,15H2,1H3. The van der Waals surface area contributed by atoms with E-state index in [1.165, 1.54) is 32.1 Å². The molecule has 2 heteroatoms. The van der Waals surface area contributed by atoms with Crippen molar-refractivity contribution in [1.29, 1.82) is 0 Å². The smallest absolute Gasteiger partial charge is 0.0592 e. The molecular formula is C14H25NO. The quantitative estimate of drug-likeness (QED) is 0.794. The highest BCUT2D eigenvalue weighted by Gasteiger charge is 2.49. The van der Waals surface area contributed by atoms with Crippen LogP contribution in [0.15, 0.2) is 0 Å². The summed E-state index contributed by atoms with van der Waals surface area (Å²) in [5.41, 5.74) is 5.53. The lowest BCUT2D eigenvalue weighted by molar-refractivity contribution is -0.104. The van der Waals surface area contributed by atoms with Crippen molar-refractivity contribution < 1.29 is 4.74 Å². The van der Waals surface area contributed by atoms with E-state index in [0.717, 1.165) is 36.2 Å². The Bertz CT molecular complexity index is 225. The van der Waals surface area contributed by atoms with E-state index in [9.17, 15) is 0 Å². The number of rotatable bonds is 4. The predicted octanol–water partition coefficient (Wildman–Crippen LogP) is 2.42. The second-order valence-corrected chi connectivity index (χ2v) is 6.37. The van der Waals surface area contributed by atoms with E-state index < -0.39 is 0 Å². The van der Waals surface area contributed by atoms with Gasteiger partial charge in [0.05, 0.1) is 12.7 Å². The molecule has 0 aromatic rings. The van der Waals surface area contributed by atoms with Crippen LogP contribution in [0.5, 0.6) is 0 Å². The van der Waals surface area contributed by atoms with Crippen molar-refractivity contribution in [2.45, 2.75) is 45.1 Å². The second kappa shape index (κ2) is 4.30. The van der Waals surface area contributed by atoms with Crippen molar-refractivity contribution in [2.75, 3.05) is 13.2 Å². The third kappa shape index (κ3) is 1.80. The molecule has 0 saturated heterocycles. The second-order valence-electron chi connectivity index (χ2n) is 6.37. The van der Waals surface area contributed by atoms with Crippen LogP contribution in [0.3, 0.4) is 0 Å². The van der Waals surface area contributed by atoms with Crippen LogP contribution in [0.4, 0.5) is 0 Å². The van der Waals surface area contributed by atoms with Gasteiger partial charge in [-0.1, -0.05) is 0 Å². The van der Waals surface area contributed by atoms with Gasteiger partial charge in [0.2, 0.25) is 0 Å². The first-order valence-corrected chi connectivity index (χ1v) is 7.09. The summed E-state index contributed by atoms with van der Waals surface area (Å²) in [6, 6.07) is 0. The molecule has 4 saturated carbocycles. The molecule has 1 unspecified atom stereocenters. The summed E-state index contributed by atoms with van der Waals surface area (Å²) in [6.07, 6.45) is 7.96. The van der Waals surface area contributed by atoms with Gasteiger partial charge in [0.25, 0.3) is 0 Å². The molecule has 0 aliphatic heterocycles. The SMILES string of the molecule is CC(OCCN)C1C2CC3CC(C2)CC1C3. The molecule has 2 N–H and O–H groups in total. The zero-order valence-electron chi connectivity index (χ0n) is 10.4. The molecule has 0 amide bonds. The topological polar surface area (TPSA) is 35.2 Å². The summed E-state index contributed by atoms with van der Waals surface area (Å²) in [6.45, 7) is 3.68. The zero-order chi connectivity index (χ0) is 11.1. The molecule has 2 nitrogen and oxygen atoms in total. The van der Waals surface area contributed by atoms with E-state index in [2.05, 4.69) is 6.92 Å². The Hall–Kier alpha value is -0.0800. The maximum atomic E-state index is 5.89. The molecule has 4 aliphatic rings. The van der Waals surface area contributed by atoms with Gasteiger partial charge >= 0.3 is 0 Å². The number of ether oxygens (including phenoxy) is 1. The summed E-state index contributed by atoms with van der Waals surface area (Å²) in [7, 11) is 0. The maximum absolute atomic E-state index is 5.89. The Kier molecular flexibility index (Phi) is 2.97. The fourth-order valence-electron chi connectivity index (χ4n) is 5.10. The van der Waals surface area contributed by atoms with Crippen molar-refractivity contribution in [2.24, 2.45) is 35.3 Å². The van der Waals surface area contributed by atoms with E-state index in [4.69, 9.17) is 10.5 Å². The lowest BCUT2D eigenvalue weighted by atomic mass is 9.51. The van der Waals surface area contributed by atoms with E-state index in [1.54, 1.807) is 0 Å². The Labute approximate surface area is 98.9 Å². The Morgan fingerprint density at radius 1 is 1.06 bits per heavy atom. The fraction of sp³-hybridized carbons (Fsp3) is 1.00. The fourth-order valence-corrected chi connectivity index (χ4v) is 5.10. The van der Waals surface area contributed by atoms with E-state index in [0.29, 0.717) is 12.6 Å². The molecule has 4 bridgehead atoms. The molecule has 16 heavy (non-hydrogen) atoms. The first-order chi connectivity index (χ1) is 7.78. The Morgan fingerprint density at radius 3 is 2.12 bits per heavy atom. The summed E-state index contributed by atoms with van der Waals surface area (Å²) in [4.78, 5) is 0. The molecule has 0 aromatic carbocycles. The average molecular weight is 223 g/mol. The Morgan fingerprint density at radius 2 is 1.62 bits per heavy atom. The van der Waals surface area contributed by atoms with Gasteiger partial charge in [-0.2, -0.15) is 0 Å². The van der Waals surface area contributed by atoms with Crippen LogP contribution in [0, 0.1) is 29.6 Å². The van der Waals surface area contributed by atoms with Crippen LogP contribution in [0.25, 0.3) is 0 Å². The molecule has 4 fully saturated rings. The molecule has 92 valence electrons. The van der Waals surface area contributed by atoms with Crippen LogP contribution < -0.4 is 5.73 Å². The van der Waals surface area contributed by atoms with Crippen molar-refractivity contribution in [3.63, 3.8) is 0 Å². The third-order valence-electron chi connectivity index (χ3n) is 5.34. The van der Waals surface area contributed by atoms with Crippen LogP contribution >= 0.6 is 0 Å². The number of hydrogen-bond donors (Lipinski definition) is 1. The normalized spacial score (nSPS) is 47.2. The number of hydrogen-bond acceptors (Lipinski definition) is 2. The Balaban J connectivity index is 1.67. The molecule has 0 heterocycles. The minimum atomic E-state index is 0.443. The van der Waals surface area contributed by atoms with Gasteiger partial charge in [0.1, 0.15) is 0 Å². The van der Waals surface area contributed by atoms with Gasteiger partial charge in [0, 0.05) is 6.54 Å². The summed E-state index contributed by atoms with van der Waals surface area (Å²) in [5, 5.41) is 0. The maximum Gasteiger partial charge on any atom is 0.0592 e. The molecule has 0 radical (unpaired) electrons. The van der Waals surface area contributed by atoms with Crippen LogP contribution in [0.1, 0.15) is 39.0 Å². The van der Waals surface area contributed by atoms with Gasteiger partial charge in [-0.05, 0) is 68.6 Å². The molecular weight excluding hydrogens is 198 g/mol. The summed E-state index contributed by atoms with van der Waals surface area (Å²) >= 11 is 0. The van der Waals surface area contributed by atoms with Gasteiger partial charge in [-0.3, -0.25) is 0 Å². The van der Waals surface area contributed by atoms with Gasteiger partial charge < -0.3 is 10.5 Å². The van der Waals surface area contributed by atoms with Crippen LogP contribution in [-0.4, -0.2) is 19.3 Å². The molecule has 1 atom stereocenters. The highest BCUT2D eigenvalue weighted by molar-refractivity contribution is 4.99. The number of nitrogens with two attached hydrogens (primary N) is 1. The lowest BCUT2D eigenvalue weighted by Gasteiger charge is -2.55. The van der Waals surface area contributed by atoms with E-state index in [1.807, 2.05) is 0 Å². The first-order valence-electron chi connectivity index (χ1n) is 7.09. The molecule has 0 aromatic heterocycles. The average Bonchev–Trinajstić information content (AvgIpc) is 2.24. The van der Waals surface area contributed by atoms with Crippen molar-refractivity contribution in [1.82, 2.24) is 0 Å².